The quantitative estimate of drug-likeness (QED) is 0.540. The second-order valence-electron chi connectivity index (χ2n) is 6.04. The van der Waals surface area contributed by atoms with Crippen molar-refractivity contribution in [2.75, 3.05) is 16.9 Å². The van der Waals surface area contributed by atoms with Crippen molar-refractivity contribution in [3.8, 4) is 0 Å². The van der Waals surface area contributed by atoms with Gasteiger partial charge in [-0.2, -0.15) is 0 Å². The average Bonchev–Trinajstić information content (AvgIpc) is 3.05. The molecule has 2 aromatic carbocycles. The van der Waals surface area contributed by atoms with Crippen molar-refractivity contribution in [1.29, 1.82) is 0 Å². The Bertz CT molecular complexity index is 1070. The van der Waals surface area contributed by atoms with E-state index in [4.69, 9.17) is 23.2 Å². The number of carbonyl (C=O) groups excluding carboxylic acids is 2. The third-order valence-corrected chi connectivity index (χ3v) is 5.31. The fraction of sp³-hybridized carbons (Fsp3) is 0.158. The average molecular weight is 450 g/mol. The first-order valence-electron chi connectivity index (χ1n) is 8.47. The Balaban J connectivity index is 1.69. The number of nitrogens with zero attached hydrogens (tertiary/aromatic N) is 3. The van der Waals surface area contributed by atoms with Crippen molar-refractivity contribution >= 4 is 58.2 Å². The molecule has 3 aromatic rings. The molecule has 10 heteroatoms. The van der Waals surface area contributed by atoms with Crippen LogP contribution in [0.3, 0.4) is 0 Å². The van der Waals surface area contributed by atoms with Gasteiger partial charge in [0.15, 0.2) is 5.69 Å². The molecule has 3 rings (SSSR count). The molecule has 0 aliphatic heterocycles. The number of rotatable bonds is 6. The smallest absolute Gasteiger partial charge is 0.278 e. The van der Waals surface area contributed by atoms with Gasteiger partial charge in [0.1, 0.15) is 6.54 Å². The Morgan fingerprint density at radius 1 is 1.14 bits per heavy atom. The highest BCUT2D eigenvalue weighted by molar-refractivity contribution is 7.98. The van der Waals surface area contributed by atoms with Crippen LogP contribution in [0.1, 0.15) is 16.2 Å². The van der Waals surface area contributed by atoms with Gasteiger partial charge in [-0.15, -0.1) is 16.9 Å². The van der Waals surface area contributed by atoms with Crippen LogP contribution < -0.4 is 10.6 Å². The van der Waals surface area contributed by atoms with Crippen LogP contribution >= 0.6 is 35.0 Å². The van der Waals surface area contributed by atoms with Gasteiger partial charge >= 0.3 is 0 Å². The lowest BCUT2D eigenvalue weighted by Crippen LogP contribution is -2.21. The van der Waals surface area contributed by atoms with E-state index in [0.29, 0.717) is 27.1 Å². The largest absolute Gasteiger partial charge is 0.324 e. The first kappa shape index (κ1) is 21.2. The van der Waals surface area contributed by atoms with Gasteiger partial charge < -0.3 is 10.6 Å². The lowest BCUT2D eigenvalue weighted by atomic mass is 10.2. The summed E-state index contributed by atoms with van der Waals surface area (Å²) in [6, 6.07) is 12.3. The summed E-state index contributed by atoms with van der Waals surface area (Å²) in [5.41, 5.74) is 1.60. The molecule has 2 N–H and O–H groups in total. The number of hydrogen-bond donors (Lipinski definition) is 2. The highest BCUT2D eigenvalue weighted by atomic mass is 35.5. The number of nitrogens with one attached hydrogen (secondary N) is 2. The molecular weight excluding hydrogens is 433 g/mol. The van der Waals surface area contributed by atoms with Crippen molar-refractivity contribution in [2.24, 2.45) is 0 Å². The van der Waals surface area contributed by atoms with Gasteiger partial charge in [-0.1, -0.05) is 34.5 Å². The number of hydrogen-bond acceptors (Lipinski definition) is 5. The van der Waals surface area contributed by atoms with Crippen molar-refractivity contribution in [3.05, 3.63) is 63.9 Å². The fourth-order valence-electron chi connectivity index (χ4n) is 2.53. The van der Waals surface area contributed by atoms with E-state index < -0.39 is 5.91 Å². The Labute approximate surface area is 181 Å². The lowest BCUT2D eigenvalue weighted by Gasteiger charge is -2.08. The van der Waals surface area contributed by atoms with E-state index >= 15 is 0 Å². The van der Waals surface area contributed by atoms with Crippen molar-refractivity contribution < 1.29 is 9.59 Å². The molecule has 0 aliphatic rings. The maximum absolute atomic E-state index is 12.5. The molecule has 1 heterocycles. The highest BCUT2D eigenvalue weighted by Crippen LogP contribution is 2.26. The van der Waals surface area contributed by atoms with E-state index in [9.17, 15) is 9.59 Å². The molecule has 0 aliphatic carbocycles. The maximum atomic E-state index is 12.5. The molecule has 7 nitrogen and oxygen atoms in total. The van der Waals surface area contributed by atoms with Crippen molar-refractivity contribution in [2.45, 2.75) is 18.4 Å². The lowest BCUT2D eigenvalue weighted by molar-refractivity contribution is -0.117. The van der Waals surface area contributed by atoms with E-state index in [2.05, 4.69) is 20.9 Å². The molecule has 0 atom stereocenters. The minimum absolute atomic E-state index is 0.0759. The Kier molecular flexibility index (Phi) is 6.79. The molecule has 0 bridgehead atoms. The van der Waals surface area contributed by atoms with Gasteiger partial charge in [-0.05, 0) is 49.6 Å². The number of aromatic nitrogens is 3. The molecule has 0 unspecified atom stereocenters. The SMILES string of the molecule is CSc1cccc(NC(=O)Cn2nnc(C(=O)Nc3cc(Cl)ccc3Cl)c2C)c1. The van der Waals surface area contributed by atoms with Crippen LogP contribution in [0.15, 0.2) is 47.4 Å². The van der Waals surface area contributed by atoms with Gasteiger partial charge in [-0.3, -0.25) is 9.59 Å². The Hall–Kier alpha value is -2.55. The molecule has 29 heavy (non-hydrogen) atoms. The summed E-state index contributed by atoms with van der Waals surface area (Å²) < 4.78 is 1.36. The molecule has 0 spiro atoms. The zero-order valence-corrected chi connectivity index (χ0v) is 17.9. The van der Waals surface area contributed by atoms with Crippen LogP contribution in [0.4, 0.5) is 11.4 Å². The topological polar surface area (TPSA) is 88.9 Å². The van der Waals surface area contributed by atoms with E-state index in [1.165, 1.54) is 10.7 Å². The first-order valence-corrected chi connectivity index (χ1v) is 10.5. The number of carbonyl (C=O) groups is 2. The van der Waals surface area contributed by atoms with E-state index in [0.717, 1.165) is 4.90 Å². The predicted molar refractivity (Wildman–Crippen MR) is 116 cm³/mol. The van der Waals surface area contributed by atoms with Crippen LogP contribution in [0.2, 0.25) is 10.0 Å². The summed E-state index contributed by atoms with van der Waals surface area (Å²) in [5, 5.41) is 14.1. The van der Waals surface area contributed by atoms with E-state index in [-0.39, 0.29) is 18.1 Å². The zero-order valence-electron chi connectivity index (χ0n) is 15.6. The molecule has 0 fully saturated rings. The third-order valence-electron chi connectivity index (χ3n) is 4.02. The molecule has 150 valence electrons. The summed E-state index contributed by atoms with van der Waals surface area (Å²) in [5.74, 6) is -0.771. The molecular formula is C19H17Cl2N5O2S. The maximum Gasteiger partial charge on any atom is 0.278 e. The van der Waals surface area contributed by atoms with Gasteiger partial charge in [-0.25, -0.2) is 4.68 Å². The number of thioether (sulfide) groups is 1. The summed E-state index contributed by atoms with van der Waals surface area (Å²) in [6.45, 7) is 1.59. The van der Waals surface area contributed by atoms with Crippen LogP contribution in [0.5, 0.6) is 0 Å². The third kappa shape index (κ3) is 5.29. The Morgan fingerprint density at radius 2 is 1.93 bits per heavy atom. The van der Waals surface area contributed by atoms with Gasteiger partial charge in [0.2, 0.25) is 5.91 Å². The van der Waals surface area contributed by atoms with E-state index in [1.54, 1.807) is 36.9 Å². The molecule has 2 amide bonds. The minimum atomic E-state index is -0.494. The number of amides is 2. The van der Waals surface area contributed by atoms with Crippen molar-refractivity contribution in [1.82, 2.24) is 15.0 Å². The zero-order chi connectivity index (χ0) is 21.0. The normalized spacial score (nSPS) is 10.6. The summed E-state index contributed by atoms with van der Waals surface area (Å²) >= 11 is 13.6. The van der Waals surface area contributed by atoms with Gasteiger partial charge in [0.25, 0.3) is 5.91 Å². The molecule has 0 saturated heterocycles. The highest BCUT2D eigenvalue weighted by Gasteiger charge is 2.19. The number of anilines is 2. The van der Waals surface area contributed by atoms with Gasteiger partial charge in [0.05, 0.1) is 16.4 Å². The first-order chi connectivity index (χ1) is 13.9. The van der Waals surface area contributed by atoms with Crippen LogP contribution in [0, 0.1) is 6.92 Å². The standard InChI is InChI=1S/C19H17Cl2N5O2S/c1-11-18(19(28)23-16-8-12(20)6-7-15(16)21)24-25-26(11)10-17(27)22-13-4-3-5-14(9-13)29-2/h3-9H,10H2,1-2H3,(H,22,27)(H,23,28). The molecule has 0 saturated carbocycles. The summed E-state index contributed by atoms with van der Waals surface area (Å²) in [7, 11) is 0. The van der Waals surface area contributed by atoms with Crippen molar-refractivity contribution in [3.63, 3.8) is 0 Å². The Morgan fingerprint density at radius 3 is 2.69 bits per heavy atom. The second-order valence-corrected chi connectivity index (χ2v) is 7.76. The van der Waals surface area contributed by atoms with Crippen LogP contribution in [-0.4, -0.2) is 33.1 Å². The number of halogens is 2. The summed E-state index contributed by atoms with van der Waals surface area (Å²) in [6.07, 6.45) is 1.96. The van der Waals surface area contributed by atoms with Crippen LogP contribution in [0.25, 0.3) is 0 Å². The van der Waals surface area contributed by atoms with Gasteiger partial charge in [0, 0.05) is 15.6 Å². The molecule has 0 radical (unpaired) electrons. The predicted octanol–water partition coefficient (Wildman–Crippen LogP) is 4.51. The summed E-state index contributed by atoms with van der Waals surface area (Å²) in [4.78, 5) is 25.9. The van der Waals surface area contributed by atoms with Crippen LogP contribution in [-0.2, 0) is 11.3 Å². The minimum Gasteiger partial charge on any atom is -0.324 e. The monoisotopic (exact) mass is 449 g/mol. The fourth-order valence-corrected chi connectivity index (χ4v) is 3.33. The molecule has 1 aromatic heterocycles. The van der Waals surface area contributed by atoms with E-state index in [1.807, 2.05) is 24.5 Å². The second kappa shape index (κ2) is 9.30. The number of benzene rings is 2.